The summed E-state index contributed by atoms with van der Waals surface area (Å²) in [6.45, 7) is 2.90. The standard InChI is InChI=1S/C17H16F6N2O2/c1-8(2)27-13-5-10(17(21,22)23)14-11(25-13)3-4-12-15(14)26-7-9(24-12)6-16(18,19)20/h3-5,8-9,24H,6-7H2,1-2H3. The number of aromatic nitrogens is 1. The molecule has 3 rings (SSSR count). The summed E-state index contributed by atoms with van der Waals surface area (Å²) in [6, 6.07) is 2.34. The quantitative estimate of drug-likeness (QED) is 0.730. The van der Waals surface area contributed by atoms with Gasteiger partial charge < -0.3 is 14.8 Å². The molecule has 1 N–H and O–H groups in total. The van der Waals surface area contributed by atoms with Gasteiger partial charge in [0.2, 0.25) is 5.88 Å². The number of rotatable bonds is 3. The summed E-state index contributed by atoms with van der Waals surface area (Å²) < 4.78 is 89.1. The van der Waals surface area contributed by atoms with E-state index in [9.17, 15) is 26.3 Å². The van der Waals surface area contributed by atoms with Crippen LogP contribution >= 0.6 is 0 Å². The Hall–Kier alpha value is -2.39. The lowest BCUT2D eigenvalue weighted by Gasteiger charge is -2.29. The molecule has 1 atom stereocenters. The van der Waals surface area contributed by atoms with Crippen molar-refractivity contribution in [3.8, 4) is 11.6 Å². The molecule has 1 aromatic heterocycles. The van der Waals surface area contributed by atoms with Crippen LogP contribution < -0.4 is 14.8 Å². The Bertz CT molecular complexity index is 848. The van der Waals surface area contributed by atoms with Crippen LogP contribution in [0.2, 0.25) is 0 Å². The fraction of sp³-hybridized carbons (Fsp3) is 0.471. The maximum atomic E-state index is 13.6. The van der Waals surface area contributed by atoms with E-state index < -0.39 is 37.0 Å². The fourth-order valence-electron chi connectivity index (χ4n) is 2.90. The van der Waals surface area contributed by atoms with Gasteiger partial charge in [-0.05, 0) is 26.0 Å². The zero-order chi connectivity index (χ0) is 20.0. The van der Waals surface area contributed by atoms with Crippen LogP contribution in [0.5, 0.6) is 11.6 Å². The number of fused-ring (bicyclic) bond motifs is 3. The Morgan fingerprint density at radius 2 is 1.93 bits per heavy atom. The lowest BCUT2D eigenvalue weighted by Crippen LogP contribution is -2.35. The first kappa shape index (κ1) is 19.4. The molecule has 0 radical (unpaired) electrons. The van der Waals surface area contributed by atoms with Crippen LogP contribution in [0.25, 0.3) is 10.9 Å². The van der Waals surface area contributed by atoms with Crippen molar-refractivity contribution < 1.29 is 35.8 Å². The first-order valence-electron chi connectivity index (χ1n) is 8.12. The van der Waals surface area contributed by atoms with E-state index in [1.807, 2.05) is 0 Å². The van der Waals surface area contributed by atoms with Gasteiger partial charge in [0.15, 0.2) is 5.75 Å². The molecule has 2 heterocycles. The molecule has 0 saturated carbocycles. The number of nitrogens with zero attached hydrogens (tertiary/aromatic N) is 1. The van der Waals surface area contributed by atoms with Gasteiger partial charge in [-0.1, -0.05) is 0 Å². The Kier molecular flexibility index (Phi) is 4.77. The number of alkyl halides is 6. The highest BCUT2D eigenvalue weighted by molar-refractivity contribution is 5.95. The van der Waals surface area contributed by atoms with Gasteiger partial charge >= 0.3 is 12.4 Å². The van der Waals surface area contributed by atoms with Gasteiger partial charge in [-0.3, -0.25) is 0 Å². The molecule has 0 fully saturated rings. The highest BCUT2D eigenvalue weighted by Crippen LogP contribution is 2.45. The molecule has 27 heavy (non-hydrogen) atoms. The molecule has 1 unspecified atom stereocenters. The van der Waals surface area contributed by atoms with Gasteiger partial charge in [0.05, 0.1) is 40.7 Å². The van der Waals surface area contributed by atoms with Gasteiger partial charge in [0.25, 0.3) is 0 Å². The van der Waals surface area contributed by atoms with E-state index in [1.54, 1.807) is 13.8 Å². The van der Waals surface area contributed by atoms with Gasteiger partial charge in [-0.25, -0.2) is 4.98 Å². The normalized spacial score (nSPS) is 17.4. The van der Waals surface area contributed by atoms with E-state index in [0.29, 0.717) is 0 Å². The van der Waals surface area contributed by atoms with Crippen LogP contribution in [0, 0.1) is 0 Å². The number of hydrogen-bond acceptors (Lipinski definition) is 4. The van der Waals surface area contributed by atoms with Crippen LogP contribution in [-0.2, 0) is 6.18 Å². The van der Waals surface area contributed by atoms with Crippen molar-refractivity contribution in [2.24, 2.45) is 0 Å². The number of nitrogens with one attached hydrogen (secondary N) is 1. The number of halogens is 6. The van der Waals surface area contributed by atoms with Crippen molar-refractivity contribution in [2.45, 2.75) is 44.8 Å². The maximum absolute atomic E-state index is 13.6. The minimum atomic E-state index is -4.72. The number of benzene rings is 1. The molecule has 1 aliphatic rings. The molecule has 0 amide bonds. The number of hydrogen-bond donors (Lipinski definition) is 1. The SMILES string of the molecule is CC(C)Oc1cc(C(F)(F)F)c2c3c(ccc2n1)NC(CC(F)(F)F)CO3. The van der Waals surface area contributed by atoms with Crippen molar-refractivity contribution >= 4 is 16.6 Å². The number of ether oxygens (including phenoxy) is 2. The average Bonchev–Trinajstić information content (AvgIpc) is 2.50. The summed E-state index contributed by atoms with van der Waals surface area (Å²) >= 11 is 0. The third kappa shape index (κ3) is 4.30. The molecule has 0 saturated heterocycles. The molecular weight excluding hydrogens is 378 g/mol. The van der Waals surface area contributed by atoms with E-state index in [4.69, 9.17) is 9.47 Å². The summed E-state index contributed by atoms with van der Waals surface area (Å²) in [5, 5.41) is 2.29. The largest absolute Gasteiger partial charge is 0.489 e. The second-order valence-electron chi connectivity index (χ2n) is 6.48. The lowest BCUT2D eigenvalue weighted by molar-refractivity contribution is -0.138. The Morgan fingerprint density at radius 3 is 2.52 bits per heavy atom. The fourth-order valence-corrected chi connectivity index (χ4v) is 2.90. The molecule has 2 aromatic rings. The van der Waals surface area contributed by atoms with Gasteiger partial charge in [-0.15, -0.1) is 0 Å². The minimum absolute atomic E-state index is 0.0182. The van der Waals surface area contributed by atoms with Crippen LogP contribution in [0.4, 0.5) is 32.0 Å². The summed E-state index contributed by atoms with van der Waals surface area (Å²) in [7, 11) is 0. The highest BCUT2D eigenvalue weighted by atomic mass is 19.4. The van der Waals surface area contributed by atoms with Gasteiger partial charge in [0, 0.05) is 6.07 Å². The molecule has 1 aromatic carbocycles. The van der Waals surface area contributed by atoms with Crippen molar-refractivity contribution in [2.75, 3.05) is 11.9 Å². The smallest absolute Gasteiger partial charge is 0.417 e. The summed E-state index contributed by atoms with van der Waals surface area (Å²) in [6.07, 6.45) is -10.7. The maximum Gasteiger partial charge on any atom is 0.417 e. The molecule has 0 aliphatic carbocycles. The van der Waals surface area contributed by atoms with E-state index in [2.05, 4.69) is 10.3 Å². The summed E-state index contributed by atoms with van der Waals surface area (Å²) in [5.41, 5.74) is -0.973. The van der Waals surface area contributed by atoms with Crippen LogP contribution in [-0.4, -0.2) is 29.9 Å². The topological polar surface area (TPSA) is 43.4 Å². The van der Waals surface area contributed by atoms with E-state index in [0.717, 1.165) is 6.07 Å². The number of pyridine rings is 1. The first-order valence-corrected chi connectivity index (χ1v) is 8.12. The predicted octanol–water partition coefficient (Wildman–Crippen LogP) is 5.17. The van der Waals surface area contributed by atoms with Crippen molar-refractivity contribution in [3.05, 3.63) is 23.8 Å². The lowest BCUT2D eigenvalue weighted by atomic mass is 10.0. The van der Waals surface area contributed by atoms with E-state index in [-0.39, 0.29) is 34.3 Å². The van der Waals surface area contributed by atoms with Crippen molar-refractivity contribution in [1.82, 2.24) is 4.98 Å². The van der Waals surface area contributed by atoms with Crippen LogP contribution in [0.15, 0.2) is 18.2 Å². The van der Waals surface area contributed by atoms with E-state index >= 15 is 0 Å². The average molecular weight is 394 g/mol. The van der Waals surface area contributed by atoms with Crippen LogP contribution in [0.3, 0.4) is 0 Å². The van der Waals surface area contributed by atoms with Gasteiger partial charge in [-0.2, -0.15) is 26.3 Å². The number of anilines is 1. The Labute approximate surface area is 150 Å². The van der Waals surface area contributed by atoms with Crippen molar-refractivity contribution in [3.63, 3.8) is 0 Å². The van der Waals surface area contributed by atoms with Gasteiger partial charge in [0.1, 0.15) is 6.61 Å². The first-order chi connectivity index (χ1) is 12.4. The monoisotopic (exact) mass is 394 g/mol. The summed E-state index contributed by atoms with van der Waals surface area (Å²) in [5.74, 6) is -0.356. The minimum Gasteiger partial charge on any atom is -0.489 e. The highest BCUT2D eigenvalue weighted by Gasteiger charge is 2.38. The zero-order valence-corrected chi connectivity index (χ0v) is 14.3. The summed E-state index contributed by atoms with van der Waals surface area (Å²) in [4.78, 5) is 4.07. The van der Waals surface area contributed by atoms with Crippen molar-refractivity contribution in [1.29, 1.82) is 0 Å². The Morgan fingerprint density at radius 1 is 1.22 bits per heavy atom. The molecule has 10 heteroatoms. The Balaban J connectivity index is 2.09. The molecule has 148 valence electrons. The van der Waals surface area contributed by atoms with Crippen LogP contribution in [0.1, 0.15) is 25.8 Å². The second-order valence-corrected chi connectivity index (χ2v) is 6.48. The molecular formula is C17H16F6N2O2. The zero-order valence-electron chi connectivity index (χ0n) is 14.3. The third-order valence-corrected chi connectivity index (χ3v) is 3.83. The molecule has 1 aliphatic heterocycles. The molecule has 0 bridgehead atoms. The molecule has 0 spiro atoms. The third-order valence-electron chi connectivity index (χ3n) is 3.83. The van der Waals surface area contributed by atoms with E-state index in [1.165, 1.54) is 12.1 Å². The second kappa shape index (κ2) is 6.65. The predicted molar refractivity (Wildman–Crippen MR) is 86.1 cm³/mol. The molecule has 4 nitrogen and oxygen atoms in total.